The van der Waals surface area contributed by atoms with Crippen LogP contribution in [-0.4, -0.2) is 34.2 Å². The first-order valence-corrected chi connectivity index (χ1v) is 12.5. The van der Waals surface area contributed by atoms with Gasteiger partial charge in [-0.05, 0) is 42.8 Å². The van der Waals surface area contributed by atoms with Crippen LogP contribution in [0.25, 0.3) is 21.9 Å². The van der Waals surface area contributed by atoms with Crippen LogP contribution in [0.4, 0.5) is 11.4 Å². The van der Waals surface area contributed by atoms with Crippen molar-refractivity contribution in [2.24, 2.45) is 0 Å². The minimum atomic E-state index is -3.61. The van der Waals surface area contributed by atoms with Gasteiger partial charge in [0.15, 0.2) is 0 Å². The number of hydrogen-bond acceptors (Lipinski definition) is 5. The number of fused-ring (bicyclic) bond motifs is 3. The van der Waals surface area contributed by atoms with Crippen LogP contribution in [0.15, 0.2) is 65.1 Å². The summed E-state index contributed by atoms with van der Waals surface area (Å²) < 4.78 is 37.1. The third kappa shape index (κ3) is 5.07. The lowest BCUT2D eigenvalue weighted by atomic mass is 10.1. The molecule has 1 N–H and O–H groups in total. The average molecular weight is 487 g/mol. The number of hydrogen-bond donors (Lipinski definition) is 1. The molecule has 0 fully saturated rings. The second kappa shape index (κ2) is 9.33. The van der Waals surface area contributed by atoms with Gasteiger partial charge in [-0.25, -0.2) is 8.42 Å². The molecule has 0 radical (unpaired) electrons. The number of methoxy groups -OCH3 is 1. The van der Waals surface area contributed by atoms with E-state index in [1.807, 2.05) is 36.4 Å². The van der Waals surface area contributed by atoms with Gasteiger partial charge in [0.2, 0.25) is 15.9 Å². The summed E-state index contributed by atoms with van der Waals surface area (Å²) in [6.07, 6.45) is 1.55. The predicted molar refractivity (Wildman–Crippen MR) is 132 cm³/mol. The Morgan fingerprint density at radius 1 is 1.06 bits per heavy atom. The lowest BCUT2D eigenvalue weighted by molar-refractivity contribution is -0.116. The van der Waals surface area contributed by atoms with Crippen LogP contribution in [0.5, 0.6) is 5.75 Å². The molecular weight excluding hydrogens is 464 g/mol. The molecule has 0 atom stereocenters. The molecule has 1 amide bonds. The van der Waals surface area contributed by atoms with E-state index in [1.54, 1.807) is 18.2 Å². The van der Waals surface area contributed by atoms with Crippen LogP contribution in [-0.2, 0) is 14.8 Å². The van der Waals surface area contributed by atoms with Crippen molar-refractivity contribution in [3.63, 3.8) is 0 Å². The standard InChI is InChI=1S/C24H23ClN2O5S/c1-31-22-12-9-16(25)14-20(22)27(33(2,29)30)13-5-8-24(28)26-17-10-11-19-18-6-3-4-7-21(18)32-23(19)15-17/h3-4,6-7,9-12,14-15H,5,8,13H2,1-2H3,(H,26,28). The third-order valence-electron chi connectivity index (χ3n) is 5.24. The summed E-state index contributed by atoms with van der Waals surface area (Å²) in [7, 11) is -2.15. The van der Waals surface area contributed by atoms with Crippen molar-refractivity contribution in [3.05, 3.63) is 65.7 Å². The minimum Gasteiger partial charge on any atom is -0.495 e. The van der Waals surface area contributed by atoms with Gasteiger partial charge in [0, 0.05) is 40.5 Å². The molecule has 4 rings (SSSR count). The molecular formula is C24H23ClN2O5S. The van der Waals surface area contributed by atoms with Crippen LogP contribution in [0.3, 0.4) is 0 Å². The second-order valence-corrected chi connectivity index (χ2v) is 9.96. The van der Waals surface area contributed by atoms with Crippen molar-refractivity contribution in [1.29, 1.82) is 0 Å². The van der Waals surface area contributed by atoms with Crippen LogP contribution in [0, 0.1) is 0 Å². The SMILES string of the molecule is COc1ccc(Cl)cc1N(CCCC(=O)Nc1ccc2c(c1)oc1ccccc12)S(C)(=O)=O. The summed E-state index contributed by atoms with van der Waals surface area (Å²) >= 11 is 6.06. The lowest BCUT2D eigenvalue weighted by Crippen LogP contribution is -2.31. The second-order valence-electron chi connectivity index (χ2n) is 7.61. The molecule has 0 saturated heterocycles. The summed E-state index contributed by atoms with van der Waals surface area (Å²) in [6, 6.07) is 18.0. The van der Waals surface area contributed by atoms with Gasteiger partial charge in [0.1, 0.15) is 16.9 Å². The molecule has 1 heterocycles. The molecule has 1 aromatic heterocycles. The fraction of sp³-hybridized carbons (Fsp3) is 0.208. The average Bonchev–Trinajstić information content (AvgIpc) is 3.13. The van der Waals surface area contributed by atoms with E-state index in [1.165, 1.54) is 17.5 Å². The van der Waals surface area contributed by atoms with E-state index < -0.39 is 10.0 Å². The highest BCUT2D eigenvalue weighted by atomic mass is 35.5. The van der Waals surface area contributed by atoms with Crippen LogP contribution >= 0.6 is 11.6 Å². The van der Waals surface area contributed by atoms with E-state index in [2.05, 4.69) is 5.32 Å². The summed E-state index contributed by atoms with van der Waals surface area (Å²) in [5.74, 6) is 0.158. The third-order valence-corrected chi connectivity index (χ3v) is 6.65. The number of nitrogens with one attached hydrogen (secondary N) is 1. The van der Waals surface area contributed by atoms with Gasteiger partial charge in [0.05, 0.1) is 19.1 Å². The van der Waals surface area contributed by atoms with Crippen molar-refractivity contribution in [1.82, 2.24) is 0 Å². The van der Waals surface area contributed by atoms with Gasteiger partial charge in [-0.3, -0.25) is 9.10 Å². The molecule has 0 saturated carbocycles. The fourth-order valence-corrected chi connectivity index (χ4v) is 4.86. The Morgan fingerprint density at radius 2 is 1.82 bits per heavy atom. The maximum Gasteiger partial charge on any atom is 0.232 e. The summed E-state index contributed by atoms with van der Waals surface area (Å²) in [4.78, 5) is 12.5. The topological polar surface area (TPSA) is 88.8 Å². The number of amides is 1. The number of para-hydroxylation sites is 1. The Bertz CT molecular complexity index is 1430. The smallest absolute Gasteiger partial charge is 0.232 e. The first-order chi connectivity index (χ1) is 15.8. The summed E-state index contributed by atoms with van der Waals surface area (Å²) in [6.45, 7) is 0.103. The largest absolute Gasteiger partial charge is 0.495 e. The van der Waals surface area contributed by atoms with Gasteiger partial charge >= 0.3 is 0 Å². The number of ether oxygens (including phenoxy) is 1. The minimum absolute atomic E-state index is 0.103. The van der Waals surface area contributed by atoms with E-state index in [4.69, 9.17) is 20.8 Å². The quantitative estimate of drug-likeness (QED) is 0.358. The van der Waals surface area contributed by atoms with Gasteiger partial charge in [-0.2, -0.15) is 0 Å². The normalized spacial score (nSPS) is 11.6. The molecule has 0 unspecified atom stereocenters. The van der Waals surface area contributed by atoms with Gasteiger partial charge in [0.25, 0.3) is 0 Å². The maximum atomic E-state index is 12.5. The Labute approximate surface area is 196 Å². The number of rotatable bonds is 8. The number of furan rings is 1. The first kappa shape index (κ1) is 22.9. The molecule has 0 bridgehead atoms. The van der Waals surface area contributed by atoms with Crippen molar-refractivity contribution in [2.45, 2.75) is 12.8 Å². The van der Waals surface area contributed by atoms with E-state index in [0.29, 0.717) is 34.2 Å². The van der Waals surface area contributed by atoms with Crippen molar-refractivity contribution < 1.29 is 22.4 Å². The summed E-state index contributed by atoms with van der Waals surface area (Å²) in [5, 5.41) is 5.23. The number of carbonyl (C=O) groups excluding carboxylic acids is 1. The highest BCUT2D eigenvalue weighted by Gasteiger charge is 2.21. The van der Waals surface area contributed by atoms with Crippen LogP contribution in [0.1, 0.15) is 12.8 Å². The first-order valence-electron chi connectivity index (χ1n) is 10.3. The molecule has 3 aromatic carbocycles. The zero-order valence-corrected chi connectivity index (χ0v) is 19.7. The Hall–Kier alpha value is -3.23. The number of sulfonamides is 1. The highest BCUT2D eigenvalue weighted by molar-refractivity contribution is 7.92. The number of anilines is 2. The fourth-order valence-electron chi connectivity index (χ4n) is 3.73. The molecule has 0 aliphatic heterocycles. The van der Waals surface area contributed by atoms with Crippen molar-refractivity contribution >= 4 is 60.8 Å². The van der Waals surface area contributed by atoms with E-state index in [9.17, 15) is 13.2 Å². The molecule has 0 aliphatic rings. The van der Waals surface area contributed by atoms with Crippen molar-refractivity contribution in [2.75, 3.05) is 29.5 Å². The van der Waals surface area contributed by atoms with Gasteiger partial charge in [-0.15, -0.1) is 0 Å². The monoisotopic (exact) mass is 486 g/mol. The molecule has 4 aromatic rings. The Morgan fingerprint density at radius 3 is 2.58 bits per heavy atom. The molecule has 33 heavy (non-hydrogen) atoms. The molecule has 0 spiro atoms. The van der Waals surface area contributed by atoms with E-state index >= 15 is 0 Å². The van der Waals surface area contributed by atoms with E-state index in [0.717, 1.165) is 22.6 Å². The van der Waals surface area contributed by atoms with E-state index in [-0.39, 0.29) is 18.9 Å². The maximum absolute atomic E-state index is 12.5. The van der Waals surface area contributed by atoms with Gasteiger partial charge < -0.3 is 14.5 Å². The molecule has 9 heteroatoms. The lowest BCUT2D eigenvalue weighted by Gasteiger charge is -2.24. The van der Waals surface area contributed by atoms with Crippen molar-refractivity contribution in [3.8, 4) is 5.75 Å². The number of benzene rings is 3. The highest BCUT2D eigenvalue weighted by Crippen LogP contribution is 2.33. The summed E-state index contributed by atoms with van der Waals surface area (Å²) in [5.41, 5.74) is 2.42. The Balaban J connectivity index is 1.43. The van der Waals surface area contributed by atoms with Crippen LogP contribution < -0.4 is 14.4 Å². The van der Waals surface area contributed by atoms with Crippen LogP contribution in [0.2, 0.25) is 5.02 Å². The Kier molecular flexibility index (Phi) is 6.49. The molecule has 7 nitrogen and oxygen atoms in total. The number of nitrogens with zero attached hydrogens (tertiary/aromatic N) is 1. The number of halogens is 1. The number of carbonyl (C=O) groups is 1. The molecule has 172 valence electrons. The zero-order chi connectivity index (χ0) is 23.6. The zero-order valence-electron chi connectivity index (χ0n) is 18.2. The van der Waals surface area contributed by atoms with Gasteiger partial charge in [-0.1, -0.05) is 29.8 Å². The predicted octanol–water partition coefficient (Wildman–Crippen LogP) is 5.43. The molecule has 0 aliphatic carbocycles.